The van der Waals surface area contributed by atoms with Gasteiger partial charge in [0.05, 0.1) is 18.8 Å². The molecule has 2 heterocycles. The smallest absolute Gasteiger partial charge is 0.193 e. The van der Waals surface area contributed by atoms with Crippen LogP contribution in [-0.2, 0) is 16.0 Å². The SMILES string of the molecule is CN=C(NCc1ccccc1C)N1CCC(OCC2CCCCO2)CC1. The number of guanidine groups is 1. The summed E-state index contributed by atoms with van der Waals surface area (Å²) in [4.78, 5) is 6.81. The molecule has 2 aliphatic rings. The zero-order valence-electron chi connectivity index (χ0n) is 16.2. The molecule has 1 unspecified atom stereocenters. The van der Waals surface area contributed by atoms with Crippen LogP contribution in [0.25, 0.3) is 0 Å². The summed E-state index contributed by atoms with van der Waals surface area (Å²) >= 11 is 0. The summed E-state index contributed by atoms with van der Waals surface area (Å²) in [5, 5.41) is 3.51. The van der Waals surface area contributed by atoms with Crippen LogP contribution in [0.4, 0.5) is 0 Å². The van der Waals surface area contributed by atoms with Crippen LogP contribution in [0.5, 0.6) is 0 Å². The highest BCUT2D eigenvalue weighted by molar-refractivity contribution is 5.80. The van der Waals surface area contributed by atoms with Gasteiger partial charge in [-0.1, -0.05) is 24.3 Å². The summed E-state index contributed by atoms with van der Waals surface area (Å²) < 4.78 is 11.9. The fourth-order valence-corrected chi connectivity index (χ4v) is 3.73. The van der Waals surface area contributed by atoms with Gasteiger partial charge in [-0.15, -0.1) is 0 Å². The largest absolute Gasteiger partial charge is 0.376 e. The second-order valence-corrected chi connectivity index (χ2v) is 7.34. The van der Waals surface area contributed by atoms with Crippen LogP contribution in [0.1, 0.15) is 43.2 Å². The minimum absolute atomic E-state index is 0.310. The number of aliphatic imine (C=N–C) groups is 1. The number of hydrogen-bond acceptors (Lipinski definition) is 3. The van der Waals surface area contributed by atoms with Gasteiger partial charge in [-0.05, 0) is 50.2 Å². The number of hydrogen-bond donors (Lipinski definition) is 1. The van der Waals surface area contributed by atoms with Crippen molar-refractivity contribution in [3.63, 3.8) is 0 Å². The summed E-state index contributed by atoms with van der Waals surface area (Å²) in [7, 11) is 1.86. The van der Waals surface area contributed by atoms with Crippen LogP contribution in [0.2, 0.25) is 0 Å². The van der Waals surface area contributed by atoms with Crippen LogP contribution < -0.4 is 5.32 Å². The van der Waals surface area contributed by atoms with E-state index in [1.807, 2.05) is 7.05 Å². The Morgan fingerprint density at radius 1 is 1.23 bits per heavy atom. The van der Waals surface area contributed by atoms with E-state index in [-0.39, 0.29) is 0 Å². The monoisotopic (exact) mass is 359 g/mol. The van der Waals surface area contributed by atoms with Crippen molar-refractivity contribution < 1.29 is 9.47 Å². The number of nitrogens with zero attached hydrogens (tertiary/aromatic N) is 2. The zero-order valence-corrected chi connectivity index (χ0v) is 16.2. The summed E-state index contributed by atoms with van der Waals surface area (Å²) in [6, 6.07) is 8.49. The van der Waals surface area contributed by atoms with E-state index < -0.39 is 0 Å². The minimum atomic E-state index is 0.310. The standard InChI is InChI=1S/C21H33N3O2/c1-17-7-3-4-8-18(17)15-23-21(22-2)24-12-10-19(11-13-24)26-16-20-9-5-6-14-25-20/h3-4,7-8,19-20H,5-6,9-16H2,1-2H3,(H,22,23). The van der Waals surface area contributed by atoms with E-state index >= 15 is 0 Å². The first-order valence-electron chi connectivity index (χ1n) is 9.99. The summed E-state index contributed by atoms with van der Waals surface area (Å²) in [5.41, 5.74) is 2.63. The second-order valence-electron chi connectivity index (χ2n) is 7.34. The number of benzene rings is 1. The Labute approximate surface area is 157 Å². The normalized spacial score (nSPS) is 22.5. The lowest BCUT2D eigenvalue weighted by Gasteiger charge is -2.35. The van der Waals surface area contributed by atoms with Crippen LogP contribution >= 0.6 is 0 Å². The third-order valence-electron chi connectivity index (χ3n) is 5.44. The number of aryl methyl sites for hydroxylation is 1. The Hall–Kier alpha value is -1.59. The van der Waals surface area contributed by atoms with Crippen molar-refractivity contribution in [3.05, 3.63) is 35.4 Å². The van der Waals surface area contributed by atoms with Crippen molar-refractivity contribution in [1.82, 2.24) is 10.2 Å². The molecule has 2 fully saturated rings. The van der Waals surface area contributed by atoms with Crippen LogP contribution in [0, 0.1) is 6.92 Å². The molecule has 1 atom stereocenters. The molecule has 5 heteroatoms. The predicted molar refractivity (Wildman–Crippen MR) is 106 cm³/mol. The van der Waals surface area contributed by atoms with Crippen molar-refractivity contribution >= 4 is 5.96 Å². The van der Waals surface area contributed by atoms with Gasteiger partial charge in [0.1, 0.15) is 0 Å². The molecule has 1 aromatic rings. The Morgan fingerprint density at radius 3 is 2.73 bits per heavy atom. The van der Waals surface area contributed by atoms with Gasteiger partial charge in [-0.3, -0.25) is 4.99 Å². The molecule has 144 valence electrons. The van der Waals surface area contributed by atoms with E-state index in [0.717, 1.165) is 58.1 Å². The van der Waals surface area contributed by atoms with Crippen LogP contribution in [0.15, 0.2) is 29.3 Å². The third-order valence-corrected chi connectivity index (χ3v) is 5.44. The molecule has 1 N–H and O–H groups in total. The summed E-state index contributed by atoms with van der Waals surface area (Å²) in [5.74, 6) is 0.988. The van der Waals surface area contributed by atoms with Gasteiger partial charge >= 0.3 is 0 Å². The molecule has 3 rings (SSSR count). The molecule has 2 saturated heterocycles. The molecule has 2 aliphatic heterocycles. The Bertz CT molecular complexity index is 576. The summed E-state index contributed by atoms with van der Waals surface area (Å²) in [6.45, 7) is 6.60. The fourth-order valence-electron chi connectivity index (χ4n) is 3.73. The molecular formula is C21H33N3O2. The maximum absolute atomic E-state index is 6.12. The van der Waals surface area contributed by atoms with Crippen molar-refractivity contribution in [2.45, 2.75) is 57.8 Å². The number of rotatable bonds is 5. The lowest BCUT2D eigenvalue weighted by atomic mass is 10.1. The second kappa shape index (κ2) is 9.93. The minimum Gasteiger partial charge on any atom is -0.376 e. The fraction of sp³-hybridized carbons (Fsp3) is 0.667. The van der Waals surface area contributed by atoms with Gasteiger partial charge in [0.2, 0.25) is 0 Å². The quantitative estimate of drug-likeness (QED) is 0.648. The zero-order chi connectivity index (χ0) is 18.2. The van der Waals surface area contributed by atoms with Gasteiger partial charge < -0.3 is 19.7 Å². The van der Waals surface area contributed by atoms with Crippen molar-refractivity contribution in [2.75, 3.05) is 33.4 Å². The highest BCUT2D eigenvalue weighted by Gasteiger charge is 2.23. The van der Waals surface area contributed by atoms with E-state index in [1.54, 1.807) is 0 Å². The molecule has 0 spiro atoms. The Balaban J connectivity index is 1.40. The lowest BCUT2D eigenvalue weighted by Crippen LogP contribution is -2.47. The molecule has 5 nitrogen and oxygen atoms in total. The first kappa shape index (κ1) is 19.2. The van der Waals surface area contributed by atoms with Gasteiger partial charge in [0.15, 0.2) is 5.96 Å². The molecule has 0 saturated carbocycles. The van der Waals surface area contributed by atoms with Crippen LogP contribution in [0.3, 0.4) is 0 Å². The molecule has 0 amide bonds. The van der Waals surface area contributed by atoms with Crippen LogP contribution in [-0.4, -0.2) is 56.4 Å². The van der Waals surface area contributed by atoms with E-state index in [0.29, 0.717) is 12.2 Å². The first-order valence-corrected chi connectivity index (χ1v) is 9.99. The van der Waals surface area contributed by atoms with Gasteiger partial charge in [0, 0.05) is 33.3 Å². The number of ether oxygens (including phenoxy) is 2. The Kier molecular flexibility index (Phi) is 7.32. The van der Waals surface area contributed by atoms with E-state index in [9.17, 15) is 0 Å². The average molecular weight is 360 g/mol. The Morgan fingerprint density at radius 2 is 2.04 bits per heavy atom. The topological polar surface area (TPSA) is 46.1 Å². The molecule has 0 radical (unpaired) electrons. The van der Waals surface area contributed by atoms with Gasteiger partial charge in [0.25, 0.3) is 0 Å². The highest BCUT2D eigenvalue weighted by atomic mass is 16.5. The summed E-state index contributed by atoms with van der Waals surface area (Å²) in [6.07, 6.45) is 6.39. The molecule has 1 aromatic carbocycles. The first-order chi connectivity index (χ1) is 12.8. The third kappa shape index (κ3) is 5.45. The van der Waals surface area contributed by atoms with E-state index in [2.05, 4.69) is 46.4 Å². The average Bonchev–Trinajstić information content (AvgIpc) is 2.70. The van der Waals surface area contributed by atoms with Gasteiger partial charge in [-0.2, -0.15) is 0 Å². The predicted octanol–water partition coefficient (Wildman–Crippen LogP) is 3.12. The maximum Gasteiger partial charge on any atom is 0.193 e. The molecular weight excluding hydrogens is 326 g/mol. The molecule has 0 aromatic heterocycles. The number of likely N-dealkylation sites (tertiary alicyclic amines) is 1. The number of nitrogens with one attached hydrogen (secondary N) is 1. The van der Waals surface area contributed by atoms with Crippen molar-refractivity contribution in [3.8, 4) is 0 Å². The van der Waals surface area contributed by atoms with Crippen molar-refractivity contribution in [1.29, 1.82) is 0 Å². The lowest BCUT2D eigenvalue weighted by molar-refractivity contribution is -0.0721. The molecule has 0 bridgehead atoms. The highest BCUT2D eigenvalue weighted by Crippen LogP contribution is 2.18. The van der Waals surface area contributed by atoms with Gasteiger partial charge in [-0.25, -0.2) is 0 Å². The molecule has 0 aliphatic carbocycles. The van der Waals surface area contributed by atoms with E-state index in [4.69, 9.17) is 9.47 Å². The molecule has 26 heavy (non-hydrogen) atoms. The maximum atomic E-state index is 6.12. The van der Waals surface area contributed by atoms with Crippen molar-refractivity contribution in [2.24, 2.45) is 4.99 Å². The van der Waals surface area contributed by atoms with E-state index in [1.165, 1.54) is 24.0 Å². The number of piperidine rings is 1.